The van der Waals surface area contributed by atoms with Gasteiger partial charge in [0.1, 0.15) is 11.5 Å². The first-order chi connectivity index (χ1) is 46.1. The van der Waals surface area contributed by atoms with Crippen molar-refractivity contribution in [2.24, 2.45) is 0 Å². The summed E-state index contributed by atoms with van der Waals surface area (Å²) in [5.41, 5.74) is 28.6. The van der Waals surface area contributed by atoms with E-state index in [1.165, 1.54) is 48.6 Å². The minimum absolute atomic E-state index is 0.0951. The monoisotopic (exact) mass is 1200 g/mol. The molecule has 0 amide bonds. The zero-order valence-corrected chi connectivity index (χ0v) is 51.8. The molecule has 436 valence electrons. The second kappa shape index (κ2) is 22.5. The number of fused-ring (bicyclic) bond motifs is 8. The molecule has 0 unspecified atom stereocenters. The first kappa shape index (κ1) is 54.5. The van der Waals surface area contributed by atoms with E-state index in [2.05, 4.69) is 360 Å². The molecule has 0 saturated carbocycles. The lowest BCUT2D eigenvalue weighted by molar-refractivity contribution is 0.487. The van der Waals surface area contributed by atoms with Crippen molar-refractivity contribution in [3.05, 3.63) is 339 Å². The van der Waals surface area contributed by atoms with Gasteiger partial charge < -0.3 is 24.3 Å². The molecule has 8 heteroatoms. The molecule has 0 atom stereocenters. The standard InChI is InChI=1S/C85H58B2N4OS/c1-57-26-24-41-70(61-31-12-4-13-32-61)85(57)91-76-56-81-74(86-71-42-20-22-44-75(71)90(65-38-18-7-19-39-65)78-52-69(54-82(93-81)84(78)86)88(63-34-14-5-15-35-63)64-36-16-6-17-37-64)55-73(76)87-72-43-21-23-45-79(72)92-80-53-68(51-77(91)83(80)87)89(66-48-46-60(47-49-66)58-27-8-2-9-28-58)67-40-25-33-62(50-67)59-29-10-3-11-30-59/h2-56H,1H3. The predicted molar refractivity (Wildman–Crippen MR) is 393 cm³/mol. The van der Waals surface area contributed by atoms with Crippen LogP contribution in [0.1, 0.15) is 5.56 Å². The molecule has 0 aliphatic carbocycles. The molecule has 0 saturated heterocycles. The van der Waals surface area contributed by atoms with Crippen molar-refractivity contribution in [1.29, 1.82) is 0 Å². The van der Waals surface area contributed by atoms with Crippen LogP contribution < -0.4 is 57.1 Å². The second-order valence-corrected chi connectivity index (χ2v) is 25.5. The van der Waals surface area contributed by atoms with E-state index < -0.39 is 0 Å². The molecule has 14 aromatic rings. The maximum atomic E-state index is 7.46. The molecule has 0 spiro atoms. The number of hydrogen-bond donors (Lipinski definition) is 0. The molecule has 0 aromatic heterocycles. The van der Waals surface area contributed by atoms with Crippen LogP contribution in [0, 0.1) is 6.92 Å². The second-order valence-electron chi connectivity index (χ2n) is 24.4. The largest absolute Gasteiger partial charge is 0.458 e. The summed E-state index contributed by atoms with van der Waals surface area (Å²) in [7, 11) is 0. The predicted octanol–water partition coefficient (Wildman–Crippen LogP) is 19.1. The van der Waals surface area contributed by atoms with Gasteiger partial charge in [0.05, 0.1) is 11.4 Å². The Labute approximate surface area is 547 Å². The molecule has 0 fully saturated rings. The van der Waals surface area contributed by atoms with Gasteiger partial charge in [0.25, 0.3) is 6.71 Å². The maximum absolute atomic E-state index is 7.46. The van der Waals surface area contributed by atoms with Crippen molar-refractivity contribution in [3.8, 4) is 44.9 Å². The number of hydrogen-bond acceptors (Lipinski definition) is 6. The normalized spacial score (nSPS) is 12.7. The van der Waals surface area contributed by atoms with Crippen LogP contribution in [0.25, 0.3) is 33.4 Å². The molecule has 0 bridgehead atoms. The summed E-state index contributed by atoms with van der Waals surface area (Å²) in [6, 6.07) is 122. The maximum Gasteiger partial charge on any atom is 0.256 e. The van der Waals surface area contributed by atoms with Gasteiger partial charge in [-0.25, -0.2) is 0 Å². The van der Waals surface area contributed by atoms with Crippen LogP contribution in [-0.2, 0) is 0 Å². The summed E-state index contributed by atoms with van der Waals surface area (Å²) < 4.78 is 7.46. The highest BCUT2D eigenvalue weighted by Gasteiger charge is 2.47. The fraction of sp³-hybridized carbons (Fsp3) is 0.0118. The lowest BCUT2D eigenvalue weighted by atomic mass is 9.31. The van der Waals surface area contributed by atoms with Gasteiger partial charge in [0, 0.05) is 78.3 Å². The minimum atomic E-state index is -0.187. The molecule has 4 aliphatic heterocycles. The first-order valence-corrected chi connectivity index (χ1v) is 32.8. The number of nitrogens with zero attached hydrogens (tertiary/aromatic N) is 4. The molecule has 93 heavy (non-hydrogen) atoms. The van der Waals surface area contributed by atoms with Gasteiger partial charge in [-0.2, -0.15) is 0 Å². The van der Waals surface area contributed by atoms with E-state index in [4.69, 9.17) is 4.74 Å². The minimum Gasteiger partial charge on any atom is -0.458 e. The lowest BCUT2D eigenvalue weighted by Crippen LogP contribution is -2.63. The van der Waals surface area contributed by atoms with Crippen molar-refractivity contribution in [2.45, 2.75) is 16.7 Å². The molecule has 4 heterocycles. The molecular formula is C85H58B2N4OS. The third-order valence-electron chi connectivity index (χ3n) is 19.0. The Hall–Kier alpha value is -11.4. The highest BCUT2D eigenvalue weighted by molar-refractivity contribution is 8.00. The number of para-hydroxylation sites is 6. The topological polar surface area (TPSA) is 22.2 Å². The molecular weight excluding hydrogens is 1150 g/mol. The zero-order chi connectivity index (χ0) is 61.5. The summed E-state index contributed by atoms with van der Waals surface area (Å²) in [6.07, 6.45) is 0. The average molecular weight is 1210 g/mol. The van der Waals surface area contributed by atoms with Crippen molar-refractivity contribution in [1.82, 2.24) is 0 Å². The van der Waals surface area contributed by atoms with Crippen molar-refractivity contribution in [3.63, 3.8) is 0 Å². The smallest absolute Gasteiger partial charge is 0.256 e. The van der Waals surface area contributed by atoms with Crippen LogP contribution >= 0.6 is 11.8 Å². The third kappa shape index (κ3) is 9.19. The highest BCUT2D eigenvalue weighted by atomic mass is 32.2. The quantitative estimate of drug-likeness (QED) is 0.120. The van der Waals surface area contributed by atoms with E-state index in [0.717, 1.165) is 113 Å². The summed E-state index contributed by atoms with van der Waals surface area (Å²) in [5.74, 6) is 1.69. The Balaban J connectivity index is 0.906. The zero-order valence-electron chi connectivity index (χ0n) is 51.0. The Morgan fingerprint density at radius 1 is 0.301 bits per heavy atom. The SMILES string of the molecule is Cc1cccc(-c2ccccc2)c1N1c2cc3c(cc2B2c4ccccc4Oc4cc(N(c5ccc(-c6ccccc6)cc5)c5cccc(-c6ccccc6)c5)cc1c42)B1c2ccccc2N(c2ccccc2)c2cc(N(c4ccccc4)c4ccccc4)cc(c21)S3. The fourth-order valence-corrected chi connectivity index (χ4v) is 16.2. The number of anilines is 12. The molecule has 4 aliphatic rings. The van der Waals surface area contributed by atoms with Crippen LogP contribution in [0.3, 0.4) is 0 Å². The molecule has 0 radical (unpaired) electrons. The number of ether oxygens (including phenoxy) is 1. The molecule has 14 aromatic carbocycles. The number of benzene rings is 14. The van der Waals surface area contributed by atoms with E-state index in [0.29, 0.717) is 0 Å². The van der Waals surface area contributed by atoms with E-state index in [-0.39, 0.29) is 13.4 Å². The van der Waals surface area contributed by atoms with E-state index in [1.807, 2.05) is 11.8 Å². The summed E-state index contributed by atoms with van der Waals surface area (Å²) >= 11 is 1.90. The Kier molecular flexibility index (Phi) is 13.2. The average Bonchev–Trinajstić information content (AvgIpc) is 0.695. The van der Waals surface area contributed by atoms with Gasteiger partial charge >= 0.3 is 0 Å². The molecule has 0 N–H and O–H groups in total. The summed E-state index contributed by atoms with van der Waals surface area (Å²) in [6.45, 7) is 2.00. The van der Waals surface area contributed by atoms with E-state index >= 15 is 0 Å². The summed E-state index contributed by atoms with van der Waals surface area (Å²) in [5, 5.41) is 0. The van der Waals surface area contributed by atoms with Gasteiger partial charge in [-0.15, -0.1) is 0 Å². The first-order valence-electron chi connectivity index (χ1n) is 32.0. The van der Waals surface area contributed by atoms with Gasteiger partial charge in [-0.3, -0.25) is 0 Å². The van der Waals surface area contributed by atoms with E-state index in [1.54, 1.807) is 0 Å². The Bertz CT molecular complexity index is 5160. The number of aryl methyl sites for hydroxylation is 1. The van der Waals surface area contributed by atoms with Crippen LogP contribution in [0.2, 0.25) is 0 Å². The Morgan fingerprint density at radius 2 is 0.817 bits per heavy atom. The molecule has 5 nitrogen and oxygen atoms in total. The van der Waals surface area contributed by atoms with Crippen LogP contribution in [-0.4, -0.2) is 13.4 Å². The van der Waals surface area contributed by atoms with Crippen LogP contribution in [0.5, 0.6) is 11.5 Å². The van der Waals surface area contributed by atoms with E-state index in [9.17, 15) is 0 Å². The molecule has 18 rings (SSSR count). The summed E-state index contributed by atoms with van der Waals surface area (Å²) in [4.78, 5) is 12.4. The van der Waals surface area contributed by atoms with Gasteiger partial charge in [-0.05, 0) is 165 Å². The van der Waals surface area contributed by atoms with Crippen molar-refractivity contribution >= 4 is 126 Å². The Morgan fingerprint density at radius 3 is 1.52 bits per heavy atom. The third-order valence-corrected chi connectivity index (χ3v) is 20.1. The fourth-order valence-electron chi connectivity index (χ4n) is 15.0. The van der Waals surface area contributed by atoms with Crippen LogP contribution in [0.15, 0.2) is 343 Å². The van der Waals surface area contributed by atoms with Gasteiger partial charge in [0.15, 0.2) is 0 Å². The lowest BCUT2D eigenvalue weighted by Gasteiger charge is -2.44. The van der Waals surface area contributed by atoms with Gasteiger partial charge in [0.2, 0.25) is 6.71 Å². The van der Waals surface area contributed by atoms with Crippen LogP contribution in [0.4, 0.5) is 68.2 Å². The van der Waals surface area contributed by atoms with Crippen molar-refractivity contribution < 1.29 is 4.74 Å². The van der Waals surface area contributed by atoms with Crippen molar-refractivity contribution in [2.75, 3.05) is 19.6 Å². The number of rotatable bonds is 11. The van der Waals surface area contributed by atoms with Gasteiger partial charge in [-0.1, -0.05) is 248 Å². The highest BCUT2D eigenvalue weighted by Crippen LogP contribution is 2.52.